The summed E-state index contributed by atoms with van der Waals surface area (Å²) in [7, 11) is 0. The Balaban J connectivity index is 2.06. The minimum atomic E-state index is -0.372. The van der Waals surface area contributed by atoms with E-state index in [1.54, 1.807) is 6.92 Å². The molecule has 17 heavy (non-hydrogen) atoms. The molecule has 0 aromatic rings. The third-order valence-electron chi connectivity index (χ3n) is 2.97. The highest BCUT2D eigenvalue weighted by Crippen LogP contribution is 2.17. The van der Waals surface area contributed by atoms with Crippen LogP contribution in [0.5, 0.6) is 0 Å². The van der Waals surface area contributed by atoms with E-state index in [9.17, 15) is 9.59 Å². The summed E-state index contributed by atoms with van der Waals surface area (Å²) in [6.07, 6.45) is 3.71. The number of hydrogen-bond donors (Lipinski definition) is 2. The van der Waals surface area contributed by atoms with Crippen LogP contribution in [0.3, 0.4) is 0 Å². The number of piperidine rings is 1. The summed E-state index contributed by atoms with van der Waals surface area (Å²) in [5.74, 6) is 0.212. The second kappa shape index (κ2) is 8.06. The van der Waals surface area contributed by atoms with Gasteiger partial charge in [0.1, 0.15) is 6.54 Å². The molecule has 1 rings (SSSR count). The first-order valence-corrected chi connectivity index (χ1v) is 6.35. The fraction of sp³-hybridized carbons (Fsp3) is 0.833. The highest BCUT2D eigenvalue weighted by molar-refractivity contribution is 5.81. The minimum Gasteiger partial charge on any atom is -0.465 e. The van der Waals surface area contributed by atoms with Gasteiger partial charge in [-0.1, -0.05) is 0 Å². The van der Waals surface area contributed by atoms with Crippen molar-refractivity contribution in [2.45, 2.75) is 32.6 Å². The van der Waals surface area contributed by atoms with Crippen LogP contribution in [0.25, 0.3) is 0 Å². The van der Waals surface area contributed by atoms with Gasteiger partial charge in [-0.2, -0.15) is 0 Å². The molecule has 0 saturated carbocycles. The zero-order valence-electron chi connectivity index (χ0n) is 10.5. The average molecular weight is 242 g/mol. The largest absolute Gasteiger partial charge is 0.465 e. The molecule has 1 heterocycles. The summed E-state index contributed by atoms with van der Waals surface area (Å²) < 4.78 is 4.72. The monoisotopic (exact) mass is 242 g/mol. The first kappa shape index (κ1) is 14.0. The van der Waals surface area contributed by atoms with E-state index in [1.165, 1.54) is 0 Å². The van der Waals surface area contributed by atoms with Crippen LogP contribution in [-0.4, -0.2) is 38.1 Å². The van der Waals surface area contributed by atoms with Gasteiger partial charge in [0.05, 0.1) is 6.61 Å². The standard InChI is InChI=1S/C12H22N2O3/c1-2-17-12(16)9-14-11(15)4-3-10-5-7-13-8-6-10/h10,13H,2-9H2,1H3,(H,14,15). The van der Waals surface area contributed by atoms with E-state index in [2.05, 4.69) is 10.6 Å². The number of ether oxygens (including phenoxy) is 1. The molecule has 0 spiro atoms. The first-order valence-electron chi connectivity index (χ1n) is 6.35. The molecule has 1 aliphatic rings. The third-order valence-corrected chi connectivity index (χ3v) is 2.97. The Labute approximate surface area is 102 Å². The lowest BCUT2D eigenvalue weighted by atomic mass is 9.93. The van der Waals surface area contributed by atoms with Gasteiger partial charge in [-0.3, -0.25) is 9.59 Å². The number of amides is 1. The minimum absolute atomic E-state index is 0.0150. The van der Waals surface area contributed by atoms with E-state index in [0.717, 1.165) is 32.4 Å². The zero-order valence-corrected chi connectivity index (χ0v) is 10.5. The molecule has 0 aromatic heterocycles. The molecule has 1 saturated heterocycles. The molecule has 5 nitrogen and oxygen atoms in total. The van der Waals surface area contributed by atoms with Crippen LogP contribution in [0.1, 0.15) is 32.6 Å². The quantitative estimate of drug-likeness (QED) is 0.663. The van der Waals surface area contributed by atoms with Gasteiger partial charge in [-0.25, -0.2) is 0 Å². The van der Waals surface area contributed by atoms with Crippen molar-refractivity contribution in [3.05, 3.63) is 0 Å². The zero-order chi connectivity index (χ0) is 12.5. The van der Waals surface area contributed by atoms with E-state index in [4.69, 9.17) is 4.74 Å². The number of nitrogens with one attached hydrogen (secondary N) is 2. The Morgan fingerprint density at radius 2 is 2.06 bits per heavy atom. The lowest BCUT2D eigenvalue weighted by Gasteiger charge is -2.22. The summed E-state index contributed by atoms with van der Waals surface area (Å²) in [5, 5.41) is 5.87. The smallest absolute Gasteiger partial charge is 0.325 e. The topological polar surface area (TPSA) is 67.4 Å². The fourth-order valence-corrected chi connectivity index (χ4v) is 1.98. The lowest BCUT2D eigenvalue weighted by Crippen LogP contribution is -2.32. The lowest BCUT2D eigenvalue weighted by molar-refractivity contribution is -0.143. The van der Waals surface area contributed by atoms with Crippen molar-refractivity contribution < 1.29 is 14.3 Å². The summed E-state index contributed by atoms with van der Waals surface area (Å²) in [5.41, 5.74) is 0. The van der Waals surface area contributed by atoms with Crippen LogP contribution in [0.4, 0.5) is 0 Å². The number of carbonyl (C=O) groups excluding carboxylic acids is 2. The summed E-state index contributed by atoms with van der Waals surface area (Å²) in [6, 6.07) is 0. The van der Waals surface area contributed by atoms with E-state index >= 15 is 0 Å². The van der Waals surface area contributed by atoms with Crippen LogP contribution in [0.2, 0.25) is 0 Å². The number of rotatable bonds is 6. The van der Waals surface area contributed by atoms with E-state index in [1.807, 2.05) is 0 Å². The molecule has 1 aliphatic heterocycles. The van der Waals surface area contributed by atoms with Gasteiger partial charge in [0.15, 0.2) is 0 Å². The average Bonchev–Trinajstić information content (AvgIpc) is 2.35. The molecule has 0 bridgehead atoms. The van der Waals surface area contributed by atoms with Gasteiger partial charge in [0.2, 0.25) is 5.91 Å². The van der Waals surface area contributed by atoms with Crippen LogP contribution in [-0.2, 0) is 14.3 Å². The second-order valence-corrected chi connectivity index (χ2v) is 4.31. The number of carbonyl (C=O) groups is 2. The van der Waals surface area contributed by atoms with Crippen molar-refractivity contribution in [2.24, 2.45) is 5.92 Å². The van der Waals surface area contributed by atoms with Crippen molar-refractivity contribution in [2.75, 3.05) is 26.2 Å². The van der Waals surface area contributed by atoms with Gasteiger partial charge in [0, 0.05) is 6.42 Å². The number of esters is 1. The molecule has 0 unspecified atom stereocenters. The van der Waals surface area contributed by atoms with Gasteiger partial charge in [0.25, 0.3) is 0 Å². The first-order chi connectivity index (χ1) is 8.22. The van der Waals surface area contributed by atoms with Gasteiger partial charge >= 0.3 is 5.97 Å². The predicted molar refractivity (Wildman–Crippen MR) is 64.5 cm³/mol. The molecule has 0 aliphatic carbocycles. The highest BCUT2D eigenvalue weighted by Gasteiger charge is 2.14. The Morgan fingerprint density at radius 1 is 1.35 bits per heavy atom. The Morgan fingerprint density at radius 3 is 2.71 bits per heavy atom. The predicted octanol–water partition coefficient (Wildman–Crippen LogP) is 0.445. The SMILES string of the molecule is CCOC(=O)CNC(=O)CCC1CCNCC1. The van der Waals surface area contributed by atoms with Crippen LogP contribution in [0.15, 0.2) is 0 Å². The van der Waals surface area contributed by atoms with Crippen molar-refractivity contribution >= 4 is 11.9 Å². The van der Waals surface area contributed by atoms with E-state index in [0.29, 0.717) is 18.9 Å². The van der Waals surface area contributed by atoms with Crippen molar-refractivity contribution in [1.29, 1.82) is 0 Å². The molecular weight excluding hydrogens is 220 g/mol. The highest BCUT2D eigenvalue weighted by atomic mass is 16.5. The Hall–Kier alpha value is -1.10. The van der Waals surface area contributed by atoms with Gasteiger partial charge < -0.3 is 15.4 Å². The maximum atomic E-state index is 11.5. The molecular formula is C12H22N2O3. The third kappa shape index (κ3) is 6.26. The Bertz CT molecular complexity index is 250. The molecule has 0 atom stereocenters. The van der Waals surface area contributed by atoms with Gasteiger partial charge in [-0.15, -0.1) is 0 Å². The summed E-state index contributed by atoms with van der Waals surface area (Å²) in [4.78, 5) is 22.5. The van der Waals surface area contributed by atoms with Crippen LogP contribution < -0.4 is 10.6 Å². The van der Waals surface area contributed by atoms with Crippen molar-refractivity contribution in [3.63, 3.8) is 0 Å². The summed E-state index contributed by atoms with van der Waals surface area (Å²) >= 11 is 0. The van der Waals surface area contributed by atoms with E-state index < -0.39 is 0 Å². The molecule has 1 fully saturated rings. The molecule has 0 radical (unpaired) electrons. The fourth-order valence-electron chi connectivity index (χ4n) is 1.98. The van der Waals surface area contributed by atoms with Crippen molar-refractivity contribution in [3.8, 4) is 0 Å². The molecule has 0 aromatic carbocycles. The summed E-state index contributed by atoms with van der Waals surface area (Å²) in [6.45, 7) is 4.18. The second-order valence-electron chi connectivity index (χ2n) is 4.31. The normalized spacial score (nSPS) is 16.5. The maximum Gasteiger partial charge on any atom is 0.325 e. The number of hydrogen-bond acceptors (Lipinski definition) is 4. The van der Waals surface area contributed by atoms with E-state index in [-0.39, 0.29) is 18.4 Å². The Kier molecular flexibility index (Phi) is 6.62. The van der Waals surface area contributed by atoms with Crippen molar-refractivity contribution in [1.82, 2.24) is 10.6 Å². The molecule has 5 heteroatoms. The van der Waals surface area contributed by atoms with Crippen LogP contribution >= 0.6 is 0 Å². The molecule has 98 valence electrons. The van der Waals surface area contributed by atoms with Crippen LogP contribution in [0, 0.1) is 5.92 Å². The maximum absolute atomic E-state index is 11.5. The molecule has 1 amide bonds. The van der Waals surface area contributed by atoms with Gasteiger partial charge in [-0.05, 0) is 45.2 Å². The molecule has 2 N–H and O–H groups in total.